The standard InChI is InChI=1S/C6H12O3/c7-4-1-2-5(8)6(9)3-4/h4-9H,1-3H2/t4-,5-,6-/m1/s1. The second-order valence-electron chi connectivity index (χ2n) is 2.60. The third-order valence-electron chi connectivity index (χ3n) is 1.75. The van der Waals surface area contributed by atoms with Crippen LogP contribution in [0.2, 0.25) is 0 Å². The SMILES string of the molecule is O[C@@H]1CC[C@@H](O)[C@H](O)C1. The van der Waals surface area contributed by atoms with Crippen molar-refractivity contribution in [3.63, 3.8) is 0 Å². The summed E-state index contributed by atoms with van der Waals surface area (Å²) in [6.07, 6.45) is -0.299. The minimum atomic E-state index is -0.714. The van der Waals surface area contributed by atoms with E-state index in [0.717, 1.165) is 0 Å². The molecule has 0 aliphatic heterocycles. The number of hydrogen-bond donors (Lipinski definition) is 3. The molecule has 3 atom stereocenters. The molecule has 1 fully saturated rings. The monoisotopic (exact) mass is 132 g/mol. The molecule has 1 rings (SSSR count). The van der Waals surface area contributed by atoms with Crippen LogP contribution in [0.4, 0.5) is 0 Å². The van der Waals surface area contributed by atoms with Crippen molar-refractivity contribution in [3.8, 4) is 0 Å². The topological polar surface area (TPSA) is 60.7 Å². The van der Waals surface area contributed by atoms with Gasteiger partial charge in [0.25, 0.3) is 0 Å². The van der Waals surface area contributed by atoms with Gasteiger partial charge >= 0.3 is 0 Å². The molecule has 3 heteroatoms. The van der Waals surface area contributed by atoms with E-state index in [1.54, 1.807) is 0 Å². The first-order chi connectivity index (χ1) is 4.20. The lowest BCUT2D eigenvalue weighted by Crippen LogP contribution is -2.35. The van der Waals surface area contributed by atoms with Crippen LogP contribution in [0, 0.1) is 0 Å². The van der Waals surface area contributed by atoms with E-state index in [2.05, 4.69) is 0 Å². The Labute approximate surface area is 53.9 Å². The van der Waals surface area contributed by atoms with Crippen molar-refractivity contribution in [1.29, 1.82) is 0 Å². The maximum absolute atomic E-state index is 8.94. The molecule has 0 heterocycles. The molecule has 1 aliphatic rings. The molecule has 9 heavy (non-hydrogen) atoms. The molecule has 3 nitrogen and oxygen atoms in total. The predicted octanol–water partition coefficient (Wildman–Crippen LogP) is -0.747. The second kappa shape index (κ2) is 2.64. The zero-order chi connectivity index (χ0) is 6.85. The number of aliphatic hydroxyl groups is 3. The quantitative estimate of drug-likeness (QED) is 0.406. The van der Waals surface area contributed by atoms with Crippen molar-refractivity contribution in [2.45, 2.75) is 37.6 Å². The minimum absolute atomic E-state index is 0.321. The molecule has 0 unspecified atom stereocenters. The molecular weight excluding hydrogens is 120 g/mol. The van der Waals surface area contributed by atoms with Crippen LogP contribution >= 0.6 is 0 Å². The van der Waals surface area contributed by atoms with Crippen molar-refractivity contribution in [3.05, 3.63) is 0 Å². The molecule has 1 aliphatic carbocycles. The lowest BCUT2D eigenvalue weighted by atomic mass is 9.93. The van der Waals surface area contributed by atoms with E-state index in [4.69, 9.17) is 15.3 Å². The molecule has 1 saturated carbocycles. The van der Waals surface area contributed by atoms with E-state index in [0.29, 0.717) is 19.3 Å². The molecule has 0 aromatic rings. The average molecular weight is 132 g/mol. The van der Waals surface area contributed by atoms with Crippen LogP contribution in [0.1, 0.15) is 19.3 Å². The molecule has 54 valence electrons. The Bertz CT molecular complexity index is 94.3. The van der Waals surface area contributed by atoms with E-state index >= 15 is 0 Å². The van der Waals surface area contributed by atoms with Gasteiger partial charge in [-0.2, -0.15) is 0 Å². The fourth-order valence-electron chi connectivity index (χ4n) is 1.11. The summed E-state index contributed by atoms with van der Waals surface area (Å²) in [6, 6.07) is 0. The van der Waals surface area contributed by atoms with Gasteiger partial charge in [-0.25, -0.2) is 0 Å². The van der Waals surface area contributed by atoms with Crippen molar-refractivity contribution < 1.29 is 15.3 Å². The van der Waals surface area contributed by atoms with E-state index in [9.17, 15) is 0 Å². The molecule has 0 bridgehead atoms. The van der Waals surface area contributed by atoms with Gasteiger partial charge in [0.2, 0.25) is 0 Å². The van der Waals surface area contributed by atoms with Crippen LogP contribution in [0.5, 0.6) is 0 Å². The summed E-state index contributed by atoms with van der Waals surface area (Å²) in [4.78, 5) is 0. The lowest BCUT2D eigenvalue weighted by Gasteiger charge is -2.26. The third kappa shape index (κ3) is 1.64. The molecule has 0 amide bonds. The van der Waals surface area contributed by atoms with E-state index in [1.807, 2.05) is 0 Å². The molecular formula is C6H12O3. The summed E-state index contributed by atoms with van der Waals surface area (Å²) >= 11 is 0. The van der Waals surface area contributed by atoms with Crippen LogP contribution in [0.25, 0.3) is 0 Å². The number of hydrogen-bond acceptors (Lipinski definition) is 3. The summed E-state index contributed by atoms with van der Waals surface area (Å²) in [5.41, 5.74) is 0. The summed E-state index contributed by atoms with van der Waals surface area (Å²) in [5.74, 6) is 0. The van der Waals surface area contributed by atoms with Gasteiger partial charge in [-0.05, 0) is 12.8 Å². The van der Waals surface area contributed by atoms with Gasteiger partial charge in [-0.15, -0.1) is 0 Å². The normalized spacial score (nSPS) is 45.0. The zero-order valence-corrected chi connectivity index (χ0v) is 5.20. The highest BCUT2D eigenvalue weighted by Gasteiger charge is 2.25. The lowest BCUT2D eigenvalue weighted by molar-refractivity contribution is -0.0494. The zero-order valence-electron chi connectivity index (χ0n) is 5.20. The molecule has 3 N–H and O–H groups in total. The molecule has 0 aromatic heterocycles. The Morgan fingerprint density at radius 2 is 1.56 bits per heavy atom. The maximum Gasteiger partial charge on any atom is 0.0823 e. The summed E-state index contributed by atoms with van der Waals surface area (Å²) in [5, 5.41) is 26.8. The van der Waals surface area contributed by atoms with E-state index in [1.165, 1.54) is 0 Å². The van der Waals surface area contributed by atoms with Crippen LogP contribution < -0.4 is 0 Å². The summed E-state index contributed by atoms with van der Waals surface area (Å²) in [6.45, 7) is 0. The maximum atomic E-state index is 8.94. The minimum Gasteiger partial charge on any atom is -0.393 e. The number of aliphatic hydroxyl groups excluding tert-OH is 3. The first kappa shape index (κ1) is 6.99. The number of rotatable bonds is 0. The third-order valence-corrected chi connectivity index (χ3v) is 1.75. The van der Waals surface area contributed by atoms with Gasteiger partial charge in [0.05, 0.1) is 18.3 Å². The largest absolute Gasteiger partial charge is 0.393 e. The Kier molecular flexibility index (Phi) is 2.05. The van der Waals surface area contributed by atoms with Crippen molar-refractivity contribution >= 4 is 0 Å². The van der Waals surface area contributed by atoms with Crippen LogP contribution in [0.3, 0.4) is 0 Å². The van der Waals surface area contributed by atoms with Gasteiger partial charge in [-0.3, -0.25) is 0 Å². The first-order valence-corrected chi connectivity index (χ1v) is 3.24. The van der Waals surface area contributed by atoms with Crippen molar-refractivity contribution in [2.24, 2.45) is 0 Å². The average Bonchev–Trinajstić information content (AvgIpc) is 1.80. The second-order valence-corrected chi connectivity index (χ2v) is 2.60. The fraction of sp³-hybridized carbons (Fsp3) is 1.00. The molecule has 0 spiro atoms. The van der Waals surface area contributed by atoms with Gasteiger partial charge in [0.15, 0.2) is 0 Å². The summed E-state index contributed by atoms with van der Waals surface area (Å²) in [7, 11) is 0. The Balaban J connectivity index is 2.35. The van der Waals surface area contributed by atoms with Crippen molar-refractivity contribution in [2.75, 3.05) is 0 Å². The fourth-order valence-corrected chi connectivity index (χ4v) is 1.11. The smallest absolute Gasteiger partial charge is 0.0823 e. The van der Waals surface area contributed by atoms with Crippen molar-refractivity contribution in [1.82, 2.24) is 0 Å². The predicted molar refractivity (Wildman–Crippen MR) is 31.9 cm³/mol. The van der Waals surface area contributed by atoms with Gasteiger partial charge in [-0.1, -0.05) is 0 Å². The Morgan fingerprint density at radius 1 is 0.889 bits per heavy atom. The van der Waals surface area contributed by atoms with Gasteiger partial charge < -0.3 is 15.3 Å². The van der Waals surface area contributed by atoms with Gasteiger partial charge in [0, 0.05) is 6.42 Å². The highest BCUT2D eigenvalue weighted by Crippen LogP contribution is 2.18. The van der Waals surface area contributed by atoms with Crippen LogP contribution in [-0.4, -0.2) is 33.6 Å². The molecule has 0 saturated heterocycles. The highest BCUT2D eigenvalue weighted by molar-refractivity contribution is 4.77. The van der Waals surface area contributed by atoms with Gasteiger partial charge in [0.1, 0.15) is 0 Å². The Morgan fingerprint density at radius 3 is 2.00 bits per heavy atom. The van der Waals surface area contributed by atoms with Crippen LogP contribution in [-0.2, 0) is 0 Å². The Hall–Kier alpha value is -0.120. The molecule has 0 radical (unpaired) electrons. The summed E-state index contributed by atoms with van der Waals surface area (Å²) < 4.78 is 0. The van der Waals surface area contributed by atoms with E-state index in [-0.39, 0.29) is 0 Å². The first-order valence-electron chi connectivity index (χ1n) is 3.24. The van der Waals surface area contributed by atoms with Crippen LogP contribution in [0.15, 0.2) is 0 Å². The molecule has 0 aromatic carbocycles. The highest BCUT2D eigenvalue weighted by atomic mass is 16.3. The van der Waals surface area contributed by atoms with E-state index < -0.39 is 18.3 Å².